The molecule has 0 spiro atoms. The maximum absolute atomic E-state index is 12.8. The van der Waals surface area contributed by atoms with E-state index in [1.54, 1.807) is 20.8 Å². The zero-order valence-electron chi connectivity index (χ0n) is 17.5. The van der Waals surface area contributed by atoms with Crippen molar-refractivity contribution in [3.05, 3.63) is 53.7 Å². The summed E-state index contributed by atoms with van der Waals surface area (Å²) in [5.74, 6) is -1.18. The third-order valence-electron chi connectivity index (χ3n) is 4.49. The molecular formula is C21H25N3O7. The van der Waals surface area contributed by atoms with Crippen LogP contribution in [0.15, 0.2) is 41.0 Å². The number of nitrogens with one attached hydrogen (secondary N) is 1. The average Bonchev–Trinajstić information content (AvgIpc) is 3.32. The van der Waals surface area contributed by atoms with Crippen molar-refractivity contribution in [2.45, 2.75) is 51.5 Å². The first kappa shape index (κ1) is 22.1. The molecule has 0 radical (unpaired) electrons. The Morgan fingerprint density at radius 1 is 1.26 bits per heavy atom. The number of nitrogens with zero attached hydrogens (tertiary/aromatic N) is 2. The summed E-state index contributed by atoms with van der Waals surface area (Å²) in [6.45, 7) is 5.44. The summed E-state index contributed by atoms with van der Waals surface area (Å²) < 4.78 is 16.0. The van der Waals surface area contributed by atoms with Gasteiger partial charge in [-0.05, 0) is 32.8 Å². The molecule has 1 aliphatic heterocycles. The van der Waals surface area contributed by atoms with Crippen molar-refractivity contribution in [1.82, 2.24) is 15.2 Å². The van der Waals surface area contributed by atoms with Gasteiger partial charge in [-0.25, -0.2) is 19.4 Å². The van der Waals surface area contributed by atoms with E-state index in [0.717, 1.165) is 11.8 Å². The number of alkyl carbamates (subject to hydrolysis) is 1. The van der Waals surface area contributed by atoms with Crippen LogP contribution in [0.2, 0.25) is 0 Å². The molecule has 1 saturated heterocycles. The third-order valence-corrected chi connectivity index (χ3v) is 4.49. The van der Waals surface area contributed by atoms with E-state index in [-0.39, 0.29) is 31.2 Å². The fourth-order valence-corrected chi connectivity index (χ4v) is 3.19. The lowest BCUT2D eigenvalue weighted by atomic mass is 10.1. The van der Waals surface area contributed by atoms with Gasteiger partial charge in [0.1, 0.15) is 24.5 Å². The van der Waals surface area contributed by atoms with E-state index in [1.165, 1.54) is 4.90 Å². The van der Waals surface area contributed by atoms with Gasteiger partial charge in [0.25, 0.3) is 0 Å². The van der Waals surface area contributed by atoms with E-state index in [1.807, 2.05) is 30.3 Å². The lowest BCUT2D eigenvalue weighted by Crippen LogP contribution is -2.41. The second kappa shape index (κ2) is 9.07. The standard InChI is InChI=1S/C21H25N3O7/c1-21(2,3)31-19(27)22-14-9-16(17-23-15(12-29-17)18(25)26)24(10-14)20(28)30-11-13-7-5-4-6-8-13/h4-8,12,14,16H,9-11H2,1-3H3,(H,22,27)(H,25,26)/t14-,16-/m0/s1. The maximum atomic E-state index is 12.8. The van der Waals surface area contributed by atoms with Crippen LogP contribution >= 0.6 is 0 Å². The molecule has 10 heteroatoms. The van der Waals surface area contributed by atoms with Crippen molar-refractivity contribution in [3.63, 3.8) is 0 Å². The van der Waals surface area contributed by atoms with Gasteiger partial charge in [-0.15, -0.1) is 0 Å². The Labute approximate surface area is 179 Å². The van der Waals surface area contributed by atoms with Crippen LogP contribution in [0.5, 0.6) is 0 Å². The molecule has 3 rings (SSSR count). The largest absolute Gasteiger partial charge is 0.476 e. The highest BCUT2D eigenvalue weighted by atomic mass is 16.6. The van der Waals surface area contributed by atoms with E-state index in [9.17, 15) is 14.4 Å². The topological polar surface area (TPSA) is 131 Å². The smallest absolute Gasteiger partial charge is 0.410 e. The van der Waals surface area contributed by atoms with Gasteiger partial charge in [-0.1, -0.05) is 30.3 Å². The molecule has 2 heterocycles. The fraction of sp³-hybridized carbons (Fsp3) is 0.429. The number of hydrogen-bond acceptors (Lipinski definition) is 7. The minimum absolute atomic E-state index is 0.0579. The van der Waals surface area contributed by atoms with E-state index >= 15 is 0 Å². The highest BCUT2D eigenvalue weighted by molar-refractivity contribution is 5.84. The number of aromatic carboxylic acids is 1. The molecule has 2 N–H and O–H groups in total. The Bertz CT molecular complexity index is 936. The van der Waals surface area contributed by atoms with Crippen LogP contribution in [0.25, 0.3) is 0 Å². The first-order chi connectivity index (χ1) is 14.6. The highest BCUT2D eigenvalue weighted by Crippen LogP contribution is 2.32. The van der Waals surface area contributed by atoms with E-state index < -0.39 is 35.8 Å². The molecule has 1 fully saturated rings. The predicted octanol–water partition coefficient (Wildman–Crippen LogP) is 3.35. The van der Waals surface area contributed by atoms with E-state index in [2.05, 4.69) is 10.3 Å². The fourth-order valence-electron chi connectivity index (χ4n) is 3.19. The van der Waals surface area contributed by atoms with Gasteiger partial charge >= 0.3 is 18.2 Å². The Kier molecular flexibility index (Phi) is 6.47. The number of carboxylic acid groups (broad SMARTS) is 1. The summed E-state index contributed by atoms with van der Waals surface area (Å²) in [6.07, 6.45) is 0.0331. The zero-order chi connectivity index (χ0) is 22.6. The normalized spacial score (nSPS) is 18.5. The number of rotatable bonds is 5. The third kappa shape index (κ3) is 5.97. The van der Waals surface area contributed by atoms with Gasteiger partial charge in [0.15, 0.2) is 5.69 Å². The number of carboxylic acids is 1. The lowest BCUT2D eigenvalue weighted by Gasteiger charge is -2.22. The summed E-state index contributed by atoms with van der Waals surface area (Å²) in [6, 6.07) is 8.03. The Morgan fingerprint density at radius 2 is 1.97 bits per heavy atom. The van der Waals surface area contributed by atoms with Gasteiger partial charge < -0.3 is 24.3 Å². The quantitative estimate of drug-likeness (QED) is 0.737. The molecule has 0 unspecified atom stereocenters. The second-order valence-electron chi connectivity index (χ2n) is 8.16. The van der Waals surface area contributed by atoms with Gasteiger partial charge in [-0.3, -0.25) is 4.90 Å². The summed E-state index contributed by atoms with van der Waals surface area (Å²) in [5, 5.41) is 11.8. The Balaban J connectivity index is 1.73. The molecular weight excluding hydrogens is 406 g/mol. The number of ether oxygens (including phenoxy) is 2. The number of likely N-dealkylation sites (tertiary alicyclic amines) is 1. The molecule has 2 atom stereocenters. The number of carbonyl (C=O) groups is 3. The summed E-state index contributed by atoms with van der Waals surface area (Å²) in [5.41, 5.74) is -0.120. The molecule has 2 amide bonds. The molecule has 0 saturated carbocycles. The van der Waals surface area contributed by atoms with Crippen LogP contribution in [-0.2, 0) is 16.1 Å². The van der Waals surface area contributed by atoms with Crippen molar-refractivity contribution in [1.29, 1.82) is 0 Å². The predicted molar refractivity (Wildman–Crippen MR) is 107 cm³/mol. The minimum Gasteiger partial charge on any atom is -0.476 e. The van der Waals surface area contributed by atoms with Gasteiger partial charge in [0.2, 0.25) is 5.89 Å². The maximum Gasteiger partial charge on any atom is 0.410 e. The summed E-state index contributed by atoms with van der Waals surface area (Å²) >= 11 is 0. The molecule has 1 aliphatic rings. The first-order valence-electron chi connectivity index (χ1n) is 9.78. The van der Waals surface area contributed by atoms with Crippen LogP contribution in [0.4, 0.5) is 9.59 Å². The zero-order valence-corrected chi connectivity index (χ0v) is 17.5. The number of carbonyl (C=O) groups excluding carboxylic acids is 2. The van der Waals surface area contributed by atoms with E-state index in [0.29, 0.717) is 0 Å². The Hall–Kier alpha value is -3.56. The van der Waals surface area contributed by atoms with E-state index in [4.69, 9.17) is 19.0 Å². The number of aromatic nitrogens is 1. The number of hydrogen-bond donors (Lipinski definition) is 2. The number of oxazole rings is 1. The first-order valence-corrected chi connectivity index (χ1v) is 9.78. The monoisotopic (exact) mass is 431 g/mol. The van der Waals surface area contributed by atoms with Crippen LogP contribution in [0.1, 0.15) is 55.2 Å². The van der Waals surface area contributed by atoms with Crippen molar-refractivity contribution in [3.8, 4) is 0 Å². The Morgan fingerprint density at radius 3 is 2.58 bits per heavy atom. The van der Waals surface area contributed by atoms with Crippen molar-refractivity contribution >= 4 is 18.2 Å². The average molecular weight is 431 g/mol. The minimum atomic E-state index is -1.24. The summed E-state index contributed by atoms with van der Waals surface area (Å²) in [7, 11) is 0. The van der Waals surface area contributed by atoms with Gasteiger partial charge in [-0.2, -0.15) is 0 Å². The highest BCUT2D eigenvalue weighted by Gasteiger charge is 2.41. The van der Waals surface area contributed by atoms with Crippen LogP contribution in [-0.4, -0.2) is 51.3 Å². The van der Waals surface area contributed by atoms with Crippen LogP contribution in [0, 0.1) is 0 Å². The van der Waals surface area contributed by atoms with Crippen molar-refractivity contribution in [2.24, 2.45) is 0 Å². The molecule has 31 heavy (non-hydrogen) atoms. The number of benzene rings is 1. The molecule has 1 aromatic heterocycles. The SMILES string of the molecule is CC(C)(C)OC(=O)N[C@H]1C[C@@H](c2nc(C(=O)O)co2)N(C(=O)OCc2ccccc2)C1. The van der Waals surface area contributed by atoms with Crippen LogP contribution in [0.3, 0.4) is 0 Å². The molecule has 10 nitrogen and oxygen atoms in total. The van der Waals surface area contributed by atoms with Gasteiger partial charge in [0, 0.05) is 6.54 Å². The second-order valence-corrected chi connectivity index (χ2v) is 8.16. The molecule has 2 aromatic rings. The molecule has 1 aromatic carbocycles. The summed E-state index contributed by atoms with van der Waals surface area (Å²) in [4.78, 5) is 41.4. The molecule has 0 aliphatic carbocycles. The van der Waals surface area contributed by atoms with Crippen molar-refractivity contribution < 1.29 is 33.4 Å². The molecule has 166 valence electrons. The van der Waals surface area contributed by atoms with Crippen molar-refractivity contribution in [2.75, 3.05) is 6.54 Å². The van der Waals surface area contributed by atoms with Crippen LogP contribution < -0.4 is 5.32 Å². The van der Waals surface area contributed by atoms with Gasteiger partial charge in [0.05, 0.1) is 6.04 Å². The number of amides is 2. The lowest BCUT2D eigenvalue weighted by molar-refractivity contribution is 0.0502. The molecule has 0 bridgehead atoms.